The van der Waals surface area contributed by atoms with E-state index in [4.69, 9.17) is 4.74 Å². The summed E-state index contributed by atoms with van der Waals surface area (Å²) in [6, 6.07) is 6.55. The molecule has 18 heavy (non-hydrogen) atoms. The molecule has 0 bridgehead atoms. The molecule has 0 heterocycles. The lowest BCUT2D eigenvalue weighted by Gasteiger charge is -2.25. The number of hydrogen-bond acceptors (Lipinski definition) is 4. The Hall–Kier alpha value is -1.62. The predicted octanol–water partition coefficient (Wildman–Crippen LogP) is 3.07. The molecular weight excluding hydrogens is 232 g/mol. The minimum absolute atomic E-state index is 0.0840. The van der Waals surface area contributed by atoms with Crippen molar-refractivity contribution in [2.75, 3.05) is 25.6 Å². The van der Waals surface area contributed by atoms with E-state index in [-0.39, 0.29) is 16.0 Å². The van der Waals surface area contributed by atoms with Gasteiger partial charge in [0.15, 0.2) is 0 Å². The van der Waals surface area contributed by atoms with Crippen LogP contribution in [0.2, 0.25) is 0 Å². The Morgan fingerprint density at radius 3 is 2.78 bits per heavy atom. The van der Waals surface area contributed by atoms with Crippen molar-refractivity contribution in [3.8, 4) is 0 Å². The molecule has 1 rings (SSSR count). The van der Waals surface area contributed by atoms with Gasteiger partial charge >= 0.3 is 0 Å². The minimum atomic E-state index is -0.388. The first kappa shape index (κ1) is 14.4. The Bertz CT molecular complexity index is 405. The van der Waals surface area contributed by atoms with Crippen molar-refractivity contribution in [1.29, 1.82) is 0 Å². The molecule has 0 saturated carbocycles. The Morgan fingerprint density at radius 2 is 2.17 bits per heavy atom. The highest BCUT2D eigenvalue weighted by molar-refractivity contribution is 5.50. The van der Waals surface area contributed by atoms with Crippen LogP contribution in [0, 0.1) is 15.5 Å². The zero-order valence-corrected chi connectivity index (χ0v) is 11.1. The molecule has 0 aliphatic carbocycles. The molecule has 0 saturated heterocycles. The third kappa shape index (κ3) is 4.71. The summed E-state index contributed by atoms with van der Waals surface area (Å²) in [5.41, 5.74) is 0.963. The number of nitrogens with one attached hydrogen (secondary N) is 1. The summed E-state index contributed by atoms with van der Waals surface area (Å²) in [5.74, 6) is 0. The van der Waals surface area contributed by atoms with E-state index in [1.807, 2.05) is 6.07 Å². The van der Waals surface area contributed by atoms with Gasteiger partial charge in [0.05, 0.1) is 4.92 Å². The molecule has 0 atom stereocenters. The Balaban J connectivity index is 2.57. The maximum absolute atomic E-state index is 10.7. The summed E-state index contributed by atoms with van der Waals surface area (Å²) in [5, 5.41) is 13.9. The van der Waals surface area contributed by atoms with Crippen molar-refractivity contribution in [3.63, 3.8) is 0 Å². The summed E-state index contributed by atoms with van der Waals surface area (Å²) < 4.78 is 5.06. The molecule has 0 amide bonds. The number of nitro benzene ring substituents is 1. The zero-order chi connectivity index (χ0) is 13.6. The second-order valence-corrected chi connectivity index (χ2v) is 5.07. The van der Waals surface area contributed by atoms with Crippen molar-refractivity contribution < 1.29 is 9.66 Å². The number of non-ortho nitro benzene ring substituents is 1. The van der Waals surface area contributed by atoms with Gasteiger partial charge in [0.25, 0.3) is 5.69 Å². The summed E-state index contributed by atoms with van der Waals surface area (Å²) >= 11 is 0. The van der Waals surface area contributed by atoms with Crippen molar-refractivity contribution >= 4 is 11.4 Å². The Labute approximate surface area is 107 Å². The summed E-state index contributed by atoms with van der Waals surface area (Å²) in [4.78, 5) is 10.3. The fourth-order valence-corrected chi connectivity index (χ4v) is 1.54. The standard InChI is InChI=1S/C13H20N2O3/c1-13(2,7-8-18-3)10-14-11-5-4-6-12(9-11)15(16)17/h4-6,9,14H,7-8,10H2,1-3H3. The predicted molar refractivity (Wildman–Crippen MR) is 71.9 cm³/mol. The molecule has 1 aromatic rings. The zero-order valence-electron chi connectivity index (χ0n) is 11.1. The molecule has 0 aliphatic rings. The van der Waals surface area contributed by atoms with E-state index in [2.05, 4.69) is 19.2 Å². The Kier molecular flexibility index (Phi) is 5.09. The van der Waals surface area contributed by atoms with Gasteiger partial charge in [-0.3, -0.25) is 10.1 Å². The van der Waals surface area contributed by atoms with Gasteiger partial charge < -0.3 is 10.1 Å². The van der Waals surface area contributed by atoms with Crippen LogP contribution in [0.25, 0.3) is 0 Å². The topological polar surface area (TPSA) is 64.4 Å². The fraction of sp³-hybridized carbons (Fsp3) is 0.538. The lowest BCUT2D eigenvalue weighted by molar-refractivity contribution is -0.384. The summed E-state index contributed by atoms with van der Waals surface area (Å²) in [7, 11) is 1.68. The smallest absolute Gasteiger partial charge is 0.271 e. The van der Waals surface area contributed by atoms with Crippen LogP contribution < -0.4 is 5.32 Å². The number of benzene rings is 1. The summed E-state index contributed by atoms with van der Waals surface area (Å²) in [6.45, 7) is 5.73. The molecule has 0 aromatic heterocycles. The molecule has 100 valence electrons. The third-order valence-electron chi connectivity index (χ3n) is 2.81. The molecule has 0 spiro atoms. The van der Waals surface area contributed by atoms with E-state index in [9.17, 15) is 10.1 Å². The maximum Gasteiger partial charge on any atom is 0.271 e. The van der Waals surface area contributed by atoms with E-state index in [1.54, 1.807) is 19.2 Å². The van der Waals surface area contributed by atoms with Crippen molar-refractivity contribution in [1.82, 2.24) is 0 Å². The van der Waals surface area contributed by atoms with Gasteiger partial charge in [-0.05, 0) is 17.9 Å². The highest BCUT2D eigenvalue weighted by atomic mass is 16.6. The SMILES string of the molecule is COCCC(C)(C)CNc1cccc([N+](=O)[O-])c1. The van der Waals surface area contributed by atoms with Gasteiger partial charge in [-0.1, -0.05) is 19.9 Å². The van der Waals surface area contributed by atoms with Crippen LogP contribution in [0.15, 0.2) is 24.3 Å². The number of rotatable bonds is 7. The first-order valence-electron chi connectivity index (χ1n) is 5.92. The van der Waals surface area contributed by atoms with E-state index in [1.165, 1.54) is 6.07 Å². The van der Waals surface area contributed by atoms with Crippen molar-refractivity contribution in [2.24, 2.45) is 5.41 Å². The average molecular weight is 252 g/mol. The lowest BCUT2D eigenvalue weighted by atomic mass is 9.89. The van der Waals surface area contributed by atoms with Crippen LogP contribution >= 0.6 is 0 Å². The number of nitrogens with zero attached hydrogens (tertiary/aromatic N) is 1. The molecule has 0 fully saturated rings. The molecule has 0 aliphatic heterocycles. The largest absolute Gasteiger partial charge is 0.385 e. The summed E-state index contributed by atoms with van der Waals surface area (Å²) in [6.07, 6.45) is 0.936. The van der Waals surface area contributed by atoms with E-state index >= 15 is 0 Å². The van der Waals surface area contributed by atoms with E-state index < -0.39 is 0 Å². The van der Waals surface area contributed by atoms with Gasteiger partial charge in [0, 0.05) is 38.1 Å². The van der Waals surface area contributed by atoms with Crippen molar-refractivity contribution in [3.05, 3.63) is 34.4 Å². The van der Waals surface area contributed by atoms with Gasteiger partial charge in [-0.15, -0.1) is 0 Å². The van der Waals surface area contributed by atoms with Gasteiger partial charge in [0.2, 0.25) is 0 Å². The monoisotopic (exact) mass is 252 g/mol. The van der Waals surface area contributed by atoms with E-state index in [0.717, 1.165) is 18.7 Å². The van der Waals surface area contributed by atoms with Crippen LogP contribution in [-0.2, 0) is 4.74 Å². The number of hydrogen-bond donors (Lipinski definition) is 1. The first-order valence-corrected chi connectivity index (χ1v) is 5.92. The van der Waals surface area contributed by atoms with Gasteiger partial charge in [-0.2, -0.15) is 0 Å². The van der Waals surface area contributed by atoms with Gasteiger partial charge in [-0.25, -0.2) is 0 Å². The molecule has 1 N–H and O–H groups in total. The number of methoxy groups -OCH3 is 1. The lowest BCUT2D eigenvalue weighted by Crippen LogP contribution is -2.24. The quantitative estimate of drug-likeness (QED) is 0.598. The first-order chi connectivity index (χ1) is 8.44. The van der Waals surface area contributed by atoms with Crippen LogP contribution in [-0.4, -0.2) is 25.2 Å². The number of ether oxygens (including phenoxy) is 1. The Morgan fingerprint density at radius 1 is 1.44 bits per heavy atom. The van der Waals surface area contributed by atoms with Gasteiger partial charge in [0.1, 0.15) is 0 Å². The number of anilines is 1. The molecule has 0 unspecified atom stereocenters. The fourth-order valence-electron chi connectivity index (χ4n) is 1.54. The highest BCUT2D eigenvalue weighted by Gasteiger charge is 2.17. The average Bonchev–Trinajstić information content (AvgIpc) is 2.34. The highest BCUT2D eigenvalue weighted by Crippen LogP contribution is 2.23. The molecule has 5 heteroatoms. The second-order valence-electron chi connectivity index (χ2n) is 5.07. The van der Waals surface area contributed by atoms with Crippen LogP contribution in [0.5, 0.6) is 0 Å². The number of nitro groups is 1. The third-order valence-corrected chi connectivity index (χ3v) is 2.81. The van der Waals surface area contributed by atoms with E-state index in [0.29, 0.717) is 6.61 Å². The molecule has 0 radical (unpaired) electrons. The second kappa shape index (κ2) is 6.35. The maximum atomic E-state index is 10.7. The van der Waals surface area contributed by atoms with Crippen LogP contribution in [0.1, 0.15) is 20.3 Å². The van der Waals surface area contributed by atoms with Crippen LogP contribution in [0.3, 0.4) is 0 Å². The molecular formula is C13H20N2O3. The van der Waals surface area contributed by atoms with Crippen molar-refractivity contribution in [2.45, 2.75) is 20.3 Å². The molecule has 1 aromatic carbocycles. The minimum Gasteiger partial charge on any atom is -0.385 e. The van der Waals surface area contributed by atoms with Crippen LogP contribution in [0.4, 0.5) is 11.4 Å². The molecule has 5 nitrogen and oxygen atoms in total. The normalized spacial score (nSPS) is 11.3.